The lowest BCUT2D eigenvalue weighted by atomic mass is 9.86. The minimum absolute atomic E-state index is 0.128. The monoisotopic (exact) mass is 284 g/mol. The van der Waals surface area contributed by atoms with Crippen LogP contribution < -0.4 is 0 Å². The summed E-state index contributed by atoms with van der Waals surface area (Å²) in [4.78, 5) is 12.2. The van der Waals surface area contributed by atoms with E-state index in [0.29, 0.717) is 30.6 Å². The molecule has 3 atom stereocenters. The molecule has 0 bridgehead atoms. The molecule has 2 fully saturated rings. The first-order valence-electron chi connectivity index (χ1n) is 7.47. The second-order valence-corrected chi connectivity index (χ2v) is 12.4. The average Bonchev–Trinajstić information content (AvgIpc) is 2.60. The zero-order chi connectivity index (χ0) is 14.3. The molecule has 0 N–H and O–H groups in total. The van der Waals surface area contributed by atoms with Gasteiger partial charge in [0.05, 0.1) is 6.61 Å². The first-order valence-corrected chi connectivity index (χ1v) is 10.4. The van der Waals surface area contributed by atoms with Crippen LogP contribution in [0.3, 0.4) is 0 Å². The highest BCUT2D eigenvalue weighted by molar-refractivity contribution is 6.74. The van der Waals surface area contributed by atoms with Gasteiger partial charge in [0.15, 0.2) is 8.32 Å². The van der Waals surface area contributed by atoms with Crippen LogP contribution in [0.25, 0.3) is 0 Å². The molecular weight excluding hydrogens is 256 g/mol. The van der Waals surface area contributed by atoms with E-state index in [0.717, 1.165) is 19.6 Å². The highest BCUT2D eigenvalue weighted by Crippen LogP contribution is 2.42. The lowest BCUT2D eigenvalue weighted by Gasteiger charge is -2.38. The van der Waals surface area contributed by atoms with Gasteiger partial charge >= 0.3 is 0 Å². The molecule has 4 heteroatoms. The van der Waals surface area contributed by atoms with Gasteiger partial charge < -0.3 is 9.16 Å². The Morgan fingerprint density at radius 1 is 1.37 bits per heavy atom. The lowest BCUT2D eigenvalue weighted by Crippen LogP contribution is -2.43. The Hall–Kier alpha value is -0.193. The topological polar surface area (TPSA) is 35.5 Å². The highest BCUT2D eigenvalue weighted by atomic mass is 28.4. The molecule has 0 spiro atoms. The van der Waals surface area contributed by atoms with E-state index in [-0.39, 0.29) is 11.0 Å². The zero-order valence-corrected chi connectivity index (χ0v) is 14.0. The molecular formula is C15H28O3Si. The maximum absolute atomic E-state index is 12.2. The summed E-state index contributed by atoms with van der Waals surface area (Å²) >= 11 is 0. The van der Waals surface area contributed by atoms with Crippen LogP contribution in [0, 0.1) is 17.8 Å². The van der Waals surface area contributed by atoms with E-state index < -0.39 is 8.32 Å². The van der Waals surface area contributed by atoms with Crippen LogP contribution in [0.2, 0.25) is 18.1 Å². The summed E-state index contributed by atoms with van der Waals surface area (Å²) in [6.07, 6.45) is 1.73. The lowest BCUT2D eigenvalue weighted by molar-refractivity contribution is -0.122. The van der Waals surface area contributed by atoms with Gasteiger partial charge in [-0.15, -0.1) is 0 Å². The fourth-order valence-corrected chi connectivity index (χ4v) is 3.96. The van der Waals surface area contributed by atoms with Gasteiger partial charge in [-0.05, 0) is 36.4 Å². The Balaban J connectivity index is 1.97. The fourth-order valence-electron chi connectivity index (χ4n) is 2.93. The molecule has 3 nitrogen and oxygen atoms in total. The largest absolute Gasteiger partial charge is 0.416 e. The van der Waals surface area contributed by atoms with Crippen LogP contribution in [-0.2, 0) is 14.0 Å². The second-order valence-electron chi connectivity index (χ2n) is 7.64. The number of ether oxygens (including phenoxy) is 1. The van der Waals surface area contributed by atoms with E-state index in [2.05, 4.69) is 33.9 Å². The number of carbonyl (C=O) groups is 1. The summed E-state index contributed by atoms with van der Waals surface area (Å²) in [5.41, 5.74) is 0. The average molecular weight is 284 g/mol. The molecule has 0 unspecified atom stereocenters. The third kappa shape index (κ3) is 3.11. The Morgan fingerprint density at radius 2 is 2.05 bits per heavy atom. The Labute approximate surface area is 118 Å². The van der Waals surface area contributed by atoms with Crippen molar-refractivity contribution in [2.45, 2.75) is 51.7 Å². The van der Waals surface area contributed by atoms with Crippen LogP contribution in [0.1, 0.15) is 33.6 Å². The van der Waals surface area contributed by atoms with E-state index in [1.165, 1.54) is 0 Å². The van der Waals surface area contributed by atoms with Crippen LogP contribution in [0.5, 0.6) is 0 Å². The Morgan fingerprint density at radius 3 is 2.68 bits per heavy atom. The number of hydrogen-bond acceptors (Lipinski definition) is 3. The normalized spacial score (nSPS) is 32.5. The van der Waals surface area contributed by atoms with Crippen molar-refractivity contribution in [3.63, 3.8) is 0 Å². The molecule has 0 amide bonds. The smallest absolute Gasteiger partial charge is 0.192 e. The predicted molar refractivity (Wildman–Crippen MR) is 78.7 cm³/mol. The van der Waals surface area contributed by atoms with Crippen LogP contribution in [0.15, 0.2) is 0 Å². The van der Waals surface area contributed by atoms with E-state index in [9.17, 15) is 4.79 Å². The van der Waals surface area contributed by atoms with Crippen LogP contribution in [0.4, 0.5) is 0 Å². The number of rotatable bonds is 3. The van der Waals surface area contributed by atoms with Crippen molar-refractivity contribution < 1.29 is 14.0 Å². The quantitative estimate of drug-likeness (QED) is 0.746. The predicted octanol–water partition coefficient (Wildman–Crippen LogP) is 3.25. The SMILES string of the molecule is CC(C)(C)[Si](C)(C)OC[C@H]1C(=O)C[C@H]2COCC[C@H]21. The number of carbonyl (C=O) groups excluding carboxylic acids is 1. The van der Waals surface area contributed by atoms with Gasteiger partial charge in [0.2, 0.25) is 0 Å². The molecule has 1 aliphatic heterocycles. The number of ketones is 1. The molecule has 0 radical (unpaired) electrons. The van der Waals surface area contributed by atoms with Crippen molar-refractivity contribution in [3.8, 4) is 0 Å². The molecule has 2 aliphatic rings. The molecule has 1 saturated carbocycles. The minimum Gasteiger partial charge on any atom is -0.416 e. The summed E-state index contributed by atoms with van der Waals surface area (Å²) < 4.78 is 11.8. The van der Waals surface area contributed by atoms with Crippen LogP contribution >= 0.6 is 0 Å². The number of Topliss-reactive ketones (excluding diaryl/α,β-unsaturated/α-hetero) is 1. The second kappa shape index (κ2) is 5.30. The first-order chi connectivity index (χ1) is 8.72. The van der Waals surface area contributed by atoms with Crippen molar-refractivity contribution in [2.75, 3.05) is 19.8 Å². The summed E-state index contributed by atoms with van der Waals surface area (Å²) in [6, 6.07) is 0. The first kappa shape index (κ1) is 15.2. The zero-order valence-electron chi connectivity index (χ0n) is 13.0. The molecule has 2 rings (SSSR count). The standard InChI is InChI=1S/C15H28O3Si/c1-15(2,3)19(4,5)18-10-13-12-6-7-17-9-11(12)8-14(13)16/h11-13H,6-10H2,1-5H3/t11-,12+,13+/m0/s1. The molecule has 1 heterocycles. The summed E-state index contributed by atoms with van der Waals surface area (Å²) in [6.45, 7) is 13.5. The summed E-state index contributed by atoms with van der Waals surface area (Å²) in [7, 11) is -1.74. The number of fused-ring (bicyclic) bond motifs is 1. The Bertz CT molecular complexity index is 346. The van der Waals surface area contributed by atoms with E-state index in [4.69, 9.17) is 9.16 Å². The summed E-state index contributed by atoms with van der Waals surface area (Å²) in [5.74, 6) is 1.49. The molecule has 0 aromatic carbocycles. The Kier molecular flexibility index (Phi) is 4.24. The minimum atomic E-state index is -1.74. The van der Waals surface area contributed by atoms with Gasteiger partial charge in [-0.2, -0.15) is 0 Å². The van der Waals surface area contributed by atoms with E-state index in [1.54, 1.807) is 0 Å². The molecule has 0 aromatic heterocycles. The highest BCUT2D eigenvalue weighted by Gasteiger charge is 2.45. The molecule has 0 aromatic rings. The maximum Gasteiger partial charge on any atom is 0.192 e. The number of hydrogen-bond donors (Lipinski definition) is 0. The van der Waals surface area contributed by atoms with Crippen molar-refractivity contribution in [2.24, 2.45) is 17.8 Å². The van der Waals surface area contributed by atoms with Crippen molar-refractivity contribution in [1.29, 1.82) is 0 Å². The van der Waals surface area contributed by atoms with Gasteiger partial charge in [-0.3, -0.25) is 4.79 Å². The molecule has 1 saturated heterocycles. The van der Waals surface area contributed by atoms with E-state index in [1.807, 2.05) is 0 Å². The molecule has 1 aliphatic carbocycles. The fraction of sp³-hybridized carbons (Fsp3) is 0.933. The molecule has 110 valence electrons. The van der Waals surface area contributed by atoms with Crippen molar-refractivity contribution in [3.05, 3.63) is 0 Å². The van der Waals surface area contributed by atoms with Crippen LogP contribution in [-0.4, -0.2) is 33.9 Å². The van der Waals surface area contributed by atoms with E-state index >= 15 is 0 Å². The van der Waals surface area contributed by atoms with Gasteiger partial charge in [0.25, 0.3) is 0 Å². The third-order valence-electron chi connectivity index (χ3n) is 5.36. The van der Waals surface area contributed by atoms with Gasteiger partial charge in [-0.1, -0.05) is 20.8 Å². The maximum atomic E-state index is 12.2. The van der Waals surface area contributed by atoms with Gasteiger partial charge in [-0.25, -0.2) is 0 Å². The molecule has 19 heavy (non-hydrogen) atoms. The van der Waals surface area contributed by atoms with Gasteiger partial charge in [0, 0.05) is 25.6 Å². The van der Waals surface area contributed by atoms with Crippen molar-refractivity contribution in [1.82, 2.24) is 0 Å². The summed E-state index contributed by atoms with van der Waals surface area (Å²) in [5, 5.41) is 0.212. The third-order valence-corrected chi connectivity index (χ3v) is 9.86. The van der Waals surface area contributed by atoms with Gasteiger partial charge in [0.1, 0.15) is 5.78 Å². The van der Waals surface area contributed by atoms with Crippen molar-refractivity contribution >= 4 is 14.1 Å².